The minimum absolute atomic E-state index is 0.936. The zero-order valence-electron chi connectivity index (χ0n) is 8.05. The molecule has 5 heteroatoms. The molecule has 0 aromatic rings. The molecule has 0 rings (SSSR count). The Balaban J connectivity index is 4.15. The van der Waals surface area contributed by atoms with Gasteiger partial charge >= 0.3 is 0 Å². The summed E-state index contributed by atoms with van der Waals surface area (Å²) in [6.45, 7) is 11.1. The van der Waals surface area contributed by atoms with Crippen molar-refractivity contribution in [3.8, 4) is 0 Å². The van der Waals surface area contributed by atoms with Gasteiger partial charge in [-0.1, -0.05) is 30.0 Å². The van der Waals surface area contributed by atoms with Crippen molar-refractivity contribution in [1.82, 2.24) is 0 Å². The Hall–Kier alpha value is 0.920. The van der Waals surface area contributed by atoms with Gasteiger partial charge in [-0.2, -0.15) is 0 Å². The molecule has 0 aliphatic carbocycles. The lowest BCUT2D eigenvalue weighted by Crippen LogP contribution is -1.74. The van der Waals surface area contributed by atoms with Crippen LogP contribution in [0.1, 0.15) is 0 Å². The van der Waals surface area contributed by atoms with E-state index >= 15 is 0 Å². The van der Waals surface area contributed by atoms with E-state index in [0.717, 1.165) is 17.3 Å². The van der Waals surface area contributed by atoms with E-state index in [0.29, 0.717) is 0 Å². The zero-order valence-corrected chi connectivity index (χ0v) is 12.2. The van der Waals surface area contributed by atoms with Crippen LogP contribution in [0, 0.1) is 0 Å². The summed E-state index contributed by atoms with van der Waals surface area (Å²) in [5.74, 6) is 2.81. The maximum absolute atomic E-state index is 5.65. The lowest BCUT2D eigenvalue weighted by Gasteiger charge is -2.17. The molecule has 0 aliphatic rings. The molecule has 0 aromatic heterocycles. The zero-order chi connectivity index (χ0) is 10.9. The summed E-state index contributed by atoms with van der Waals surface area (Å²) in [4.78, 5) is 0. The lowest BCUT2D eigenvalue weighted by molar-refractivity contribution is 1.84. The predicted molar refractivity (Wildman–Crippen MR) is 82.3 cm³/mol. The summed E-state index contributed by atoms with van der Waals surface area (Å²) in [6, 6.07) is 0. The normalized spacial score (nSPS) is 10.9. The van der Waals surface area contributed by atoms with E-state index in [1.807, 2.05) is 52.4 Å². The van der Waals surface area contributed by atoms with Gasteiger partial charge in [0.15, 0.2) is 0 Å². The second-order valence-electron chi connectivity index (χ2n) is 2.20. The molecule has 0 spiro atoms. The summed E-state index contributed by atoms with van der Waals surface area (Å²) < 4.78 is -1.40. The van der Waals surface area contributed by atoms with Gasteiger partial charge < -0.3 is 0 Å². The topological polar surface area (TPSA) is 0 Å². The second kappa shape index (κ2) is 9.17. The van der Waals surface area contributed by atoms with E-state index in [1.165, 1.54) is 0 Å². The third-order valence-electron chi connectivity index (χ3n) is 1.05. The van der Waals surface area contributed by atoms with Crippen LogP contribution in [0.3, 0.4) is 0 Å². The van der Waals surface area contributed by atoms with Crippen LogP contribution in [0.2, 0.25) is 0 Å². The Morgan fingerprint density at radius 2 is 1.14 bits per heavy atom. The fourth-order valence-electron chi connectivity index (χ4n) is 0.544. The highest BCUT2D eigenvalue weighted by molar-refractivity contribution is 9.23. The van der Waals surface area contributed by atoms with Gasteiger partial charge in [-0.05, 0) is 0 Å². The number of rotatable bonds is 9. The number of hydrogen-bond acceptors (Lipinski definition) is 4. The van der Waals surface area contributed by atoms with Crippen molar-refractivity contribution in [2.45, 2.75) is 0 Å². The predicted octanol–water partition coefficient (Wildman–Crippen LogP) is 4.97. The monoisotopic (exact) mass is 282 g/mol. The molecule has 0 heterocycles. The van der Waals surface area contributed by atoms with Gasteiger partial charge in [0.25, 0.3) is 0 Å². The first-order valence-corrected chi connectivity index (χ1v) is 11.6. The average molecular weight is 282 g/mol. The summed E-state index contributed by atoms with van der Waals surface area (Å²) in [5, 5.41) is 0. The van der Waals surface area contributed by atoms with Gasteiger partial charge in [0.1, 0.15) is 3.64 Å². The van der Waals surface area contributed by atoms with Crippen LogP contribution in [-0.2, 0) is 11.8 Å². The molecule has 0 unspecified atom stereocenters. The van der Waals surface area contributed by atoms with Gasteiger partial charge in [-0.25, -0.2) is 0 Å². The largest absolute Gasteiger partial charge is 0.110 e. The van der Waals surface area contributed by atoms with Crippen molar-refractivity contribution < 1.29 is 0 Å². The fourth-order valence-corrected chi connectivity index (χ4v) is 11.8. The molecule has 0 atom stereocenters. The minimum atomic E-state index is -1.40. The highest BCUT2D eigenvalue weighted by Crippen LogP contribution is 2.78. The molecule has 0 radical (unpaired) electrons. The van der Waals surface area contributed by atoms with Gasteiger partial charge in [0.05, 0.1) is 0 Å². The SMILES string of the molecule is C=CCSP(=S)(SCC=C)SCC=C. The maximum atomic E-state index is 5.65. The van der Waals surface area contributed by atoms with Crippen LogP contribution in [-0.4, -0.2) is 17.3 Å². The molecule has 0 fully saturated rings. The van der Waals surface area contributed by atoms with Crippen molar-refractivity contribution in [3.63, 3.8) is 0 Å². The molecule has 0 saturated heterocycles. The molecule has 0 saturated carbocycles. The van der Waals surface area contributed by atoms with E-state index in [2.05, 4.69) is 19.7 Å². The van der Waals surface area contributed by atoms with Crippen molar-refractivity contribution >= 4 is 49.6 Å². The van der Waals surface area contributed by atoms with E-state index in [9.17, 15) is 0 Å². The molecule has 0 amide bonds. The molecule has 0 bridgehead atoms. The van der Waals surface area contributed by atoms with Crippen LogP contribution in [0.5, 0.6) is 0 Å². The highest BCUT2D eigenvalue weighted by atomic mass is 33.5. The molecule has 80 valence electrons. The number of hydrogen-bond donors (Lipinski definition) is 0. The van der Waals surface area contributed by atoms with E-state index in [-0.39, 0.29) is 0 Å². The fraction of sp³-hybridized carbons (Fsp3) is 0.333. The summed E-state index contributed by atoms with van der Waals surface area (Å²) in [5.41, 5.74) is 0. The first-order chi connectivity index (χ1) is 6.68. The minimum Gasteiger partial charge on any atom is -0.102 e. The first kappa shape index (κ1) is 14.9. The molecule has 0 aromatic carbocycles. The molecule has 0 nitrogen and oxygen atoms in total. The Morgan fingerprint density at radius 1 is 0.857 bits per heavy atom. The average Bonchev–Trinajstić information content (AvgIpc) is 2.21. The summed E-state index contributed by atoms with van der Waals surface area (Å²) in [7, 11) is 0. The van der Waals surface area contributed by atoms with Crippen LogP contribution in [0.4, 0.5) is 0 Å². The Labute approximate surface area is 104 Å². The second-order valence-corrected chi connectivity index (χ2v) is 17.9. The smallest absolute Gasteiger partial charge is 0.102 e. The molecular formula is C9H15PS4. The Morgan fingerprint density at radius 3 is 1.36 bits per heavy atom. The summed E-state index contributed by atoms with van der Waals surface area (Å²) in [6.07, 6.45) is 5.73. The van der Waals surface area contributed by atoms with Crippen LogP contribution < -0.4 is 0 Å². The highest BCUT2D eigenvalue weighted by Gasteiger charge is 2.16. The van der Waals surface area contributed by atoms with Crippen LogP contribution >= 0.6 is 37.8 Å². The van der Waals surface area contributed by atoms with Crippen molar-refractivity contribution in [2.24, 2.45) is 0 Å². The van der Waals surface area contributed by atoms with Crippen LogP contribution in [0.15, 0.2) is 38.0 Å². The Bertz CT molecular complexity index is 199. The molecule has 14 heavy (non-hydrogen) atoms. The van der Waals surface area contributed by atoms with Gasteiger partial charge in [0.2, 0.25) is 0 Å². The van der Waals surface area contributed by atoms with E-state index < -0.39 is 3.64 Å². The Kier molecular flexibility index (Phi) is 9.77. The molecule has 0 aliphatic heterocycles. The first-order valence-electron chi connectivity index (χ1n) is 4.05. The van der Waals surface area contributed by atoms with Gasteiger partial charge in [-0.3, -0.25) is 0 Å². The quantitative estimate of drug-likeness (QED) is 0.432. The maximum Gasteiger partial charge on any atom is 0.110 e. The van der Waals surface area contributed by atoms with Crippen molar-refractivity contribution in [1.29, 1.82) is 0 Å². The van der Waals surface area contributed by atoms with Gasteiger partial charge in [-0.15, -0.1) is 53.9 Å². The third kappa shape index (κ3) is 7.24. The van der Waals surface area contributed by atoms with Gasteiger partial charge in [0, 0.05) is 17.3 Å². The van der Waals surface area contributed by atoms with Crippen molar-refractivity contribution in [2.75, 3.05) is 17.3 Å². The van der Waals surface area contributed by atoms with Crippen LogP contribution in [0.25, 0.3) is 0 Å². The van der Waals surface area contributed by atoms with E-state index in [1.54, 1.807) is 0 Å². The standard InChI is InChI=1S/C9H15PS4/c1-4-7-12-10(11,13-8-5-2)14-9-6-3/h4-6H,1-3,7-9H2. The van der Waals surface area contributed by atoms with E-state index in [4.69, 9.17) is 11.8 Å². The lowest BCUT2D eigenvalue weighted by atomic mass is 10.8. The van der Waals surface area contributed by atoms with Crippen molar-refractivity contribution in [3.05, 3.63) is 38.0 Å². The molecule has 0 N–H and O–H groups in total. The summed E-state index contributed by atoms with van der Waals surface area (Å²) >= 11 is 11.2. The third-order valence-corrected chi connectivity index (χ3v) is 15.9. The molecular weight excluding hydrogens is 267 g/mol.